The maximum atomic E-state index is 12.1. The molecule has 0 fully saturated rings. The fourth-order valence-corrected chi connectivity index (χ4v) is 2.27. The number of nitrogens with zero attached hydrogens (tertiary/aromatic N) is 1. The third-order valence-corrected chi connectivity index (χ3v) is 5.45. The van der Waals surface area contributed by atoms with Crippen LogP contribution in [0.25, 0.3) is 0 Å². The Morgan fingerprint density at radius 2 is 1.85 bits per heavy atom. The lowest BCUT2D eigenvalue weighted by atomic mass is 10.1. The molecule has 0 heterocycles. The van der Waals surface area contributed by atoms with Crippen molar-refractivity contribution in [3.63, 3.8) is 0 Å². The summed E-state index contributed by atoms with van der Waals surface area (Å²) in [5.41, 5.74) is 1.76. The highest BCUT2D eigenvalue weighted by atomic mass is 32.2. The summed E-state index contributed by atoms with van der Waals surface area (Å²) < 4.78 is 0.154. The number of hydrogen-bond acceptors (Lipinski definition) is 3. The Kier molecular flexibility index (Phi) is 9.55. The summed E-state index contributed by atoms with van der Waals surface area (Å²) in [6.45, 7) is 12.8. The number of guanidine groups is 1. The van der Waals surface area contributed by atoms with Gasteiger partial charge in [0.25, 0.3) is 5.91 Å². The van der Waals surface area contributed by atoms with Crippen LogP contribution in [0.15, 0.2) is 29.3 Å². The summed E-state index contributed by atoms with van der Waals surface area (Å²) in [5.74, 6) is 0.789. The third-order valence-electron chi connectivity index (χ3n) is 4.20. The Bertz CT molecular complexity index is 584. The largest absolute Gasteiger partial charge is 0.357 e. The van der Waals surface area contributed by atoms with Crippen LogP contribution in [-0.4, -0.2) is 42.0 Å². The molecular formula is C20H34N4OS. The number of amides is 1. The molecule has 1 atom stereocenters. The topological polar surface area (TPSA) is 65.5 Å². The minimum absolute atomic E-state index is 0.0243. The number of benzene rings is 1. The lowest BCUT2D eigenvalue weighted by molar-refractivity contribution is 0.0939. The zero-order chi connectivity index (χ0) is 19.6. The molecule has 0 saturated carbocycles. The molecule has 3 N–H and O–H groups in total. The number of rotatable bonds is 9. The van der Waals surface area contributed by atoms with E-state index in [9.17, 15) is 4.79 Å². The summed E-state index contributed by atoms with van der Waals surface area (Å²) >= 11 is 1.83. The molecule has 26 heavy (non-hydrogen) atoms. The van der Waals surface area contributed by atoms with E-state index in [-0.39, 0.29) is 16.7 Å². The van der Waals surface area contributed by atoms with Crippen LogP contribution in [0.4, 0.5) is 0 Å². The average Bonchev–Trinajstić information content (AvgIpc) is 2.64. The lowest BCUT2D eigenvalue weighted by Crippen LogP contribution is -2.43. The molecule has 0 radical (unpaired) electrons. The molecule has 0 aromatic heterocycles. The highest BCUT2D eigenvalue weighted by Gasteiger charge is 2.16. The van der Waals surface area contributed by atoms with Crippen molar-refractivity contribution in [3.05, 3.63) is 35.4 Å². The molecule has 1 aromatic carbocycles. The van der Waals surface area contributed by atoms with E-state index in [1.807, 2.05) is 43.0 Å². The van der Waals surface area contributed by atoms with E-state index in [1.165, 1.54) is 0 Å². The van der Waals surface area contributed by atoms with E-state index < -0.39 is 0 Å². The van der Waals surface area contributed by atoms with E-state index in [4.69, 9.17) is 0 Å². The first-order valence-electron chi connectivity index (χ1n) is 9.28. The fourth-order valence-electron chi connectivity index (χ4n) is 2.05. The van der Waals surface area contributed by atoms with Crippen LogP contribution in [0.3, 0.4) is 0 Å². The van der Waals surface area contributed by atoms with Gasteiger partial charge in [0.05, 0.1) is 6.54 Å². The van der Waals surface area contributed by atoms with Gasteiger partial charge in [-0.05, 0) is 58.1 Å². The molecule has 0 aliphatic carbocycles. The van der Waals surface area contributed by atoms with Crippen LogP contribution >= 0.6 is 11.8 Å². The van der Waals surface area contributed by atoms with Crippen molar-refractivity contribution < 1.29 is 4.79 Å². The third kappa shape index (κ3) is 8.13. The van der Waals surface area contributed by atoms with Crippen molar-refractivity contribution in [1.82, 2.24) is 16.0 Å². The summed E-state index contributed by atoms with van der Waals surface area (Å²) in [6, 6.07) is 7.83. The Balaban J connectivity index is 2.67. The standard InChI is InChI=1S/C20H34N4OS/c1-7-15(3)24-18(25)17-11-9-16(10-12-17)13-22-19(21-8-2)23-14-20(4,5)26-6/h9-12,15H,7-8,13-14H2,1-6H3,(H,24,25)(H2,21,22,23). The Labute approximate surface area is 162 Å². The van der Waals surface area contributed by atoms with Crippen molar-refractivity contribution in [2.75, 3.05) is 19.3 Å². The van der Waals surface area contributed by atoms with Gasteiger partial charge >= 0.3 is 0 Å². The zero-order valence-corrected chi connectivity index (χ0v) is 17.8. The van der Waals surface area contributed by atoms with E-state index in [0.29, 0.717) is 12.1 Å². The second-order valence-corrected chi connectivity index (χ2v) is 8.51. The molecule has 1 rings (SSSR count). The van der Waals surface area contributed by atoms with Crippen LogP contribution in [0.1, 0.15) is 57.0 Å². The molecule has 1 aromatic rings. The molecular weight excluding hydrogens is 344 g/mol. The minimum atomic E-state index is -0.0243. The summed E-state index contributed by atoms with van der Waals surface area (Å²) in [4.78, 5) is 16.8. The summed E-state index contributed by atoms with van der Waals surface area (Å²) in [6.07, 6.45) is 3.04. The maximum absolute atomic E-state index is 12.1. The molecule has 5 nitrogen and oxygen atoms in total. The Hall–Kier alpha value is -1.69. The van der Waals surface area contributed by atoms with Crippen molar-refractivity contribution in [2.45, 2.75) is 58.4 Å². The van der Waals surface area contributed by atoms with Gasteiger partial charge in [0.15, 0.2) is 5.96 Å². The van der Waals surface area contributed by atoms with Crippen LogP contribution < -0.4 is 16.0 Å². The molecule has 146 valence electrons. The predicted octanol–water partition coefficient (Wildman–Crippen LogP) is 3.41. The van der Waals surface area contributed by atoms with Gasteiger partial charge in [-0.2, -0.15) is 11.8 Å². The van der Waals surface area contributed by atoms with Crippen molar-refractivity contribution in [2.24, 2.45) is 4.99 Å². The number of nitrogens with one attached hydrogen (secondary N) is 3. The van der Waals surface area contributed by atoms with Gasteiger partial charge in [0.2, 0.25) is 0 Å². The Morgan fingerprint density at radius 1 is 1.19 bits per heavy atom. The molecule has 0 spiro atoms. The van der Waals surface area contributed by atoms with Gasteiger partial charge in [-0.1, -0.05) is 19.1 Å². The van der Waals surface area contributed by atoms with E-state index in [1.54, 1.807) is 0 Å². The maximum Gasteiger partial charge on any atom is 0.251 e. The molecule has 0 saturated heterocycles. The van der Waals surface area contributed by atoms with Crippen molar-refractivity contribution in [1.29, 1.82) is 0 Å². The van der Waals surface area contributed by atoms with Gasteiger partial charge in [-0.25, -0.2) is 4.99 Å². The second kappa shape index (κ2) is 11.1. The molecule has 1 amide bonds. The molecule has 6 heteroatoms. The van der Waals surface area contributed by atoms with Gasteiger partial charge in [-0.3, -0.25) is 4.79 Å². The minimum Gasteiger partial charge on any atom is -0.357 e. The van der Waals surface area contributed by atoms with E-state index in [0.717, 1.165) is 31.0 Å². The van der Waals surface area contributed by atoms with E-state index in [2.05, 4.69) is 54.9 Å². The first-order chi connectivity index (χ1) is 12.3. The Morgan fingerprint density at radius 3 is 2.38 bits per heavy atom. The SMILES string of the molecule is CCNC(=NCc1ccc(C(=O)NC(C)CC)cc1)NCC(C)(C)SC. The predicted molar refractivity (Wildman–Crippen MR) is 114 cm³/mol. The second-order valence-electron chi connectivity index (χ2n) is 6.99. The molecule has 0 aliphatic heterocycles. The quantitative estimate of drug-likeness (QED) is 0.455. The van der Waals surface area contributed by atoms with Gasteiger partial charge in [0, 0.05) is 29.4 Å². The van der Waals surface area contributed by atoms with Crippen molar-refractivity contribution >= 4 is 23.6 Å². The zero-order valence-electron chi connectivity index (χ0n) is 17.0. The average molecular weight is 379 g/mol. The highest BCUT2D eigenvalue weighted by Crippen LogP contribution is 2.19. The van der Waals surface area contributed by atoms with Gasteiger partial charge in [0.1, 0.15) is 0 Å². The smallest absolute Gasteiger partial charge is 0.251 e. The van der Waals surface area contributed by atoms with Crippen LogP contribution in [0.5, 0.6) is 0 Å². The normalized spacial score (nSPS) is 13.2. The first kappa shape index (κ1) is 22.4. The summed E-state index contributed by atoms with van der Waals surface area (Å²) in [7, 11) is 0. The highest BCUT2D eigenvalue weighted by molar-refractivity contribution is 7.99. The molecule has 0 bridgehead atoms. The fraction of sp³-hybridized carbons (Fsp3) is 0.600. The first-order valence-corrected chi connectivity index (χ1v) is 10.5. The van der Waals surface area contributed by atoms with Crippen LogP contribution in [0.2, 0.25) is 0 Å². The number of carbonyl (C=O) groups excluding carboxylic acids is 1. The monoisotopic (exact) mass is 378 g/mol. The van der Waals surface area contributed by atoms with Crippen LogP contribution in [-0.2, 0) is 6.54 Å². The number of thioether (sulfide) groups is 1. The molecule has 0 aliphatic rings. The molecule has 1 unspecified atom stereocenters. The summed E-state index contributed by atoms with van der Waals surface area (Å²) in [5, 5.41) is 9.65. The number of aliphatic imine (C=N–C) groups is 1. The van der Waals surface area contributed by atoms with Gasteiger partial charge in [-0.15, -0.1) is 0 Å². The number of carbonyl (C=O) groups is 1. The lowest BCUT2D eigenvalue weighted by Gasteiger charge is -2.23. The van der Waals surface area contributed by atoms with Crippen molar-refractivity contribution in [3.8, 4) is 0 Å². The van der Waals surface area contributed by atoms with Crippen LogP contribution in [0, 0.1) is 0 Å². The number of hydrogen-bond donors (Lipinski definition) is 3. The van der Waals surface area contributed by atoms with E-state index >= 15 is 0 Å². The van der Waals surface area contributed by atoms with Gasteiger partial charge < -0.3 is 16.0 Å².